The highest BCUT2D eigenvalue weighted by atomic mass is 16.5. The van der Waals surface area contributed by atoms with Crippen LogP contribution in [0.5, 0.6) is 17.4 Å². The summed E-state index contributed by atoms with van der Waals surface area (Å²) in [5, 5.41) is 16.9. The highest BCUT2D eigenvalue weighted by Gasteiger charge is 2.45. The van der Waals surface area contributed by atoms with Crippen molar-refractivity contribution in [3.63, 3.8) is 0 Å². The average molecular weight is 781 g/mol. The molecule has 3 N–H and O–H groups in total. The minimum Gasteiger partial charge on any atom is -0.495 e. The van der Waals surface area contributed by atoms with Gasteiger partial charge in [0.25, 0.3) is 11.8 Å². The number of nitrogens with one attached hydrogen (secondary N) is 2. The van der Waals surface area contributed by atoms with Gasteiger partial charge in [-0.05, 0) is 78.3 Å². The summed E-state index contributed by atoms with van der Waals surface area (Å²) >= 11 is 0. The van der Waals surface area contributed by atoms with Crippen molar-refractivity contribution in [3.05, 3.63) is 100 Å². The fourth-order valence-electron chi connectivity index (χ4n) is 7.47. The van der Waals surface area contributed by atoms with Crippen LogP contribution in [0.25, 0.3) is 0 Å². The van der Waals surface area contributed by atoms with Gasteiger partial charge in [0.15, 0.2) is 17.9 Å². The van der Waals surface area contributed by atoms with Crippen LogP contribution in [0.15, 0.2) is 77.7 Å². The smallest absolute Gasteiger partial charge is 0.332 e. The maximum absolute atomic E-state index is 14.4. The Balaban J connectivity index is 1.43. The van der Waals surface area contributed by atoms with Crippen molar-refractivity contribution in [2.75, 3.05) is 17.7 Å². The number of ketones is 1. The van der Waals surface area contributed by atoms with Gasteiger partial charge in [0, 0.05) is 16.7 Å². The molecule has 1 aliphatic rings. The van der Waals surface area contributed by atoms with Crippen LogP contribution in [-0.2, 0) is 31.8 Å². The predicted octanol–water partition coefficient (Wildman–Crippen LogP) is 8.91. The number of rotatable bonds is 17. The van der Waals surface area contributed by atoms with Crippen LogP contribution in [0, 0.1) is 5.41 Å². The van der Waals surface area contributed by atoms with Crippen molar-refractivity contribution in [2.24, 2.45) is 5.41 Å². The monoisotopic (exact) mass is 780 g/mol. The number of hydrogen-bond acceptors (Lipinski definition) is 7. The summed E-state index contributed by atoms with van der Waals surface area (Å²) in [7, 11) is 1.44. The van der Waals surface area contributed by atoms with Crippen molar-refractivity contribution < 1.29 is 29.0 Å². The van der Waals surface area contributed by atoms with E-state index in [1.165, 1.54) is 29.5 Å². The first-order chi connectivity index (χ1) is 27.0. The lowest BCUT2D eigenvalue weighted by Gasteiger charge is -2.31. The number of hydrogen-bond donors (Lipinski definition) is 3. The molecule has 3 aromatic carbocycles. The topological polar surface area (TPSA) is 141 Å². The number of benzene rings is 3. The van der Waals surface area contributed by atoms with Gasteiger partial charge in [-0.3, -0.25) is 19.0 Å². The Morgan fingerprint density at radius 1 is 0.860 bits per heavy atom. The van der Waals surface area contributed by atoms with Crippen molar-refractivity contribution in [1.82, 2.24) is 9.13 Å². The first-order valence-electron chi connectivity index (χ1n) is 20.2. The summed E-state index contributed by atoms with van der Waals surface area (Å²) in [4.78, 5) is 56.4. The van der Waals surface area contributed by atoms with E-state index in [0.29, 0.717) is 30.7 Å². The molecule has 2 unspecified atom stereocenters. The standard InChI is InChI=1S/C46H60N4O7/c1-10-35(57-36-22-20-31(44(4,5)11-2)26-33(36)45(6,7)12-3)41(53)47-32-21-23-37(56-9)34(27-32)48-42(54)39(40(52)46(8)24-16-17-25-46)50-38(51)29-49(43(50)55)28-30-18-14-13-15-19-30/h13-15,18-23,26-27,29,35,39,51H,10-12,16-17,24-25,28H2,1-9H3,(H,47,53)(H,48,54). The van der Waals surface area contributed by atoms with Gasteiger partial charge in [0.1, 0.15) is 11.5 Å². The van der Waals surface area contributed by atoms with Crippen molar-refractivity contribution in [3.8, 4) is 17.4 Å². The highest BCUT2D eigenvalue weighted by Crippen LogP contribution is 2.43. The third kappa shape index (κ3) is 9.29. The molecule has 0 spiro atoms. The lowest BCUT2D eigenvalue weighted by atomic mass is 9.76. The Labute approximate surface area is 336 Å². The number of carbonyl (C=O) groups is 3. The molecule has 0 radical (unpaired) electrons. The number of anilines is 2. The third-order valence-corrected chi connectivity index (χ3v) is 12.1. The van der Waals surface area contributed by atoms with Crippen molar-refractivity contribution in [1.29, 1.82) is 0 Å². The second-order valence-corrected chi connectivity index (χ2v) is 16.9. The van der Waals surface area contributed by atoms with Crippen LogP contribution in [-0.4, -0.2) is 45.1 Å². The number of ether oxygens (including phenoxy) is 2. The number of aromatic hydroxyl groups is 1. The summed E-state index contributed by atoms with van der Waals surface area (Å²) in [6, 6.07) is 18.6. The number of nitrogens with zero attached hydrogens (tertiary/aromatic N) is 2. The average Bonchev–Trinajstić information content (AvgIpc) is 3.76. The van der Waals surface area contributed by atoms with E-state index < -0.39 is 40.8 Å². The number of methoxy groups -OCH3 is 1. The fraction of sp³-hybridized carbons (Fsp3) is 0.478. The van der Waals surface area contributed by atoms with Crippen LogP contribution in [0.1, 0.15) is 123 Å². The molecule has 0 aliphatic heterocycles. The normalized spacial score (nSPS) is 15.1. The number of Topliss-reactive ketones (excluding diaryl/α,β-unsaturated/α-hetero) is 1. The number of imidazole rings is 1. The largest absolute Gasteiger partial charge is 0.495 e. The zero-order valence-corrected chi connectivity index (χ0v) is 35.0. The van der Waals surface area contributed by atoms with E-state index in [9.17, 15) is 24.3 Å². The van der Waals surface area contributed by atoms with Gasteiger partial charge >= 0.3 is 5.69 Å². The molecule has 2 atom stereocenters. The molecular formula is C46H60N4O7. The Morgan fingerprint density at radius 3 is 2.12 bits per heavy atom. The van der Waals surface area contributed by atoms with Crippen LogP contribution < -0.4 is 25.8 Å². The zero-order valence-electron chi connectivity index (χ0n) is 35.0. The Hall–Kier alpha value is -5.32. The number of amides is 2. The van der Waals surface area contributed by atoms with Gasteiger partial charge in [-0.1, -0.05) is 111 Å². The zero-order chi connectivity index (χ0) is 41.7. The maximum Gasteiger partial charge on any atom is 0.332 e. The van der Waals surface area contributed by atoms with E-state index in [0.717, 1.165) is 41.4 Å². The molecule has 1 fully saturated rings. The van der Waals surface area contributed by atoms with Gasteiger partial charge in [-0.2, -0.15) is 0 Å². The molecule has 306 valence electrons. The molecule has 4 aromatic rings. The maximum atomic E-state index is 14.4. The van der Waals surface area contributed by atoms with E-state index >= 15 is 0 Å². The molecule has 2 amide bonds. The lowest BCUT2D eigenvalue weighted by Crippen LogP contribution is -2.44. The molecule has 0 saturated heterocycles. The van der Waals surface area contributed by atoms with E-state index in [4.69, 9.17) is 9.47 Å². The molecule has 5 rings (SSSR count). The molecule has 1 heterocycles. The molecular weight excluding hydrogens is 721 g/mol. The van der Waals surface area contributed by atoms with E-state index in [1.807, 2.05) is 43.3 Å². The van der Waals surface area contributed by atoms with Gasteiger partial charge in [-0.25, -0.2) is 9.36 Å². The van der Waals surface area contributed by atoms with Crippen LogP contribution in [0.4, 0.5) is 11.4 Å². The van der Waals surface area contributed by atoms with Gasteiger partial charge in [0.05, 0.1) is 25.5 Å². The Kier molecular flexibility index (Phi) is 13.1. The van der Waals surface area contributed by atoms with E-state index in [1.54, 1.807) is 19.1 Å². The Bertz CT molecular complexity index is 2130. The van der Waals surface area contributed by atoms with Crippen molar-refractivity contribution >= 4 is 29.0 Å². The number of carbonyl (C=O) groups excluding carboxylic acids is 3. The highest BCUT2D eigenvalue weighted by molar-refractivity contribution is 6.11. The van der Waals surface area contributed by atoms with Crippen molar-refractivity contribution in [2.45, 2.75) is 130 Å². The Morgan fingerprint density at radius 2 is 1.51 bits per heavy atom. The van der Waals surface area contributed by atoms with Crippen LogP contribution in [0.3, 0.4) is 0 Å². The first kappa shape index (κ1) is 42.8. The fourth-order valence-corrected chi connectivity index (χ4v) is 7.47. The quantitative estimate of drug-likeness (QED) is 0.0909. The summed E-state index contributed by atoms with van der Waals surface area (Å²) in [5.74, 6) is -1.24. The van der Waals surface area contributed by atoms with E-state index in [2.05, 4.69) is 64.3 Å². The first-order valence-corrected chi connectivity index (χ1v) is 20.2. The molecule has 11 heteroatoms. The van der Waals surface area contributed by atoms with Gasteiger partial charge < -0.3 is 25.2 Å². The molecule has 0 bridgehead atoms. The second-order valence-electron chi connectivity index (χ2n) is 16.9. The SMILES string of the molecule is CCC(Oc1ccc(C(C)(C)CC)cc1C(C)(C)CC)C(=O)Nc1ccc(OC)c(NC(=O)C(C(=O)C2(C)CCCC2)n2c(O)cn(Cc3ccccc3)c2=O)c1. The van der Waals surface area contributed by atoms with Gasteiger partial charge in [0.2, 0.25) is 5.88 Å². The predicted molar refractivity (Wildman–Crippen MR) is 225 cm³/mol. The molecule has 1 aromatic heterocycles. The summed E-state index contributed by atoms with van der Waals surface area (Å²) in [6.07, 6.45) is 5.39. The summed E-state index contributed by atoms with van der Waals surface area (Å²) in [5.41, 5.74) is 1.80. The van der Waals surface area contributed by atoms with Gasteiger partial charge in [-0.15, -0.1) is 0 Å². The second kappa shape index (κ2) is 17.4. The summed E-state index contributed by atoms with van der Waals surface area (Å²) in [6.45, 7) is 16.9. The molecule has 57 heavy (non-hydrogen) atoms. The van der Waals surface area contributed by atoms with Crippen LogP contribution in [0.2, 0.25) is 0 Å². The number of aromatic nitrogens is 2. The van der Waals surface area contributed by atoms with E-state index in [-0.39, 0.29) is 34.7 Å². The molecule has 1 saturated carbocycles. The lowest BCUT2D eigenvalue weighted by molar-refractivity contribution is -0.136. The minimum absolute atomic E-state index is 0.0221. The van der Waals surface area contributed by atoms with Crippen LogP contribution >= 0.6 is 0 Å². The third-order valence-electron chi connectivity index (χ3n) is 12.1. The minimum atomic E-state index is -1.67. The summed E-state index contributed by atoms with van der Waals surface area (Å²) < 4.78 is 14.2. The molecule has 1 aliphatic carbocycles. The molecule has 11 nitrogen and oxygen atoms in total.